The number of carboxylic acid groups (broad SMARTS) is 1. The Morgan fingerprint density at radius 1 is 0.895 bits per heavy atom. The number of Topliss-reactive ketones (excluding diaryl/α,β-unsaturated/α-hetero) is 1. The van der Waals surface area contributed by atoms with Crippen LogP contribution in [0.2, 0.25) is 0 Å². The van der Waals surface area contributed by atoms with Crippen LogP contribution in [0.3, 0.4) is 0 Å². The van der Waals surface area contributed by atoms with E-state index in [9.17, 15) is 14.4 Å². The van der Waals surface area contributed by atoms with E-state index >= 15 is 0 Å². The molecule has 204 valence electrons. The summed E-state index contributed by atoms with van der Waals surface area (Å²) in [5.41, 5.74) is 4.40. The number of carboxylic acids is 1. The minimum atomic E-state index is -1.07. The van der Waals surface area contributed by atoms with Crippen molar-refractivity contribution in [3.63, 3.8) is 0 Å². The molecule has 1 aliphatic carbocycles. The van der Waals surface area contributed by atoms with Crippen molar-refractivity contribution in [2.24, 2.45) is 5.41 Å². The average molecular weight is 519 g/mol. The van der Waals surface area contributed by atoms with E-state index in [2.05, 4.69) is 19.1 Å². The fraction of sp³-hybridized carbons (Fsp3) is 0.364. The number of aliphatic carboxylic acids is 1. The van der Waals surface area contributed by atoms with Crippen LogP contribution in [0.1, 0.15) is 67.7 Å². The normalized spacial score (nSPS) is 19.7. The number of hydrogen-bond acceptors (Lipinski definition) is 4. The van der Waals surface area contributed by atoms with Gasteiger partial charge in [0.2, 0.25) is 0 Å². The molecule has 0 heterocycles. The van der Waals surface area contributed by atoms with Crippen LogP contribution in [0.5, 0.6) is 0 Å². The first-order chi connectivity index (χ1) is 17.9. The highest BCUT2D eigenvalue weighted by molar-refractivity contribution is 6.01. The van der Waals surface area contributed by atoms with Gasteiger partial charge in [-0.1, -0.05) is 110 Å². The Hall–Kier alpha value is -3.73. The highest BCUT2D eigenvalue weighted by Crippen LogP contribution is 2.40. The predicted octanol–water partition coefficient (Wildman–Crippen LogP) is 7.72. The van der Waals surface area contributed by atoms with Crippen LogP contribution < -0.4 is 0 Å². The van der Waals surface area contributed by atoms with Gasteiger partial charge in [0.25, 0.3) is 0 Å². The van der Waals surface area contributed by atoms with Gasteiger partial charge in [0.05, 0.1) is 12.8 Å². The van der Waals surface area contributed by atoms with E-state index in [1.165, 1.54) is 5.57 Å². The molecular weight excluding hydrogens is 476 g/mol. The zero-order chi connectivity index (χ0) is 28.7. The van der Waals surface area contributed by atoms with Crippen LogP contribution in [0.15, 0.2) is 107 Å². The van der Waals surface area contributed by atoms with Crippen molar-refractivity contribution in [3.8, 4) is 0 Å². The first-order valence-electron chi connectivity index (χ1n) is 12.9. The Morgan fingerprint density at radius 2 is 1.45 bits per heavy atom. The lowest BCUT2D eigenvalue weighted by Crippen LogP contribution is -2.39. The van der Waals surface area contributed by atoms with Crippen LogP contribution in [-0.4, -0.2) is 28.9 Å². The second kappa shape index (κ2) is 16.2. The molecule has 0 aliphatic heterocycles. The Balaban J connectivity index is 2.84. The number of esters is 1. The number of ether oxygens (including phenoxy) is 1. The van der Waals surface area contributed by atoms with Gasteiger partial charge in [-0.25, -0.2) is 0 Å². The van der Waals surface area contributed by atoms with E-state index in [0.717, 1.165) is 16.7 Å². The first kappa shape index (κ1) is 32.3. The number of carbonyl (C=O) groups excluding carboxylic acids is 2. The fourth-order valence-electron chi connectivity index (χ4n) is 3.89. The number of hydrogen-bond donors (Lipinski definition) is 1. The molecule has 0 saturated heterocycles. The highest BCUT2D eigenvalue weighted by atomic mass is 16.5. The second-order valence-corrected chi connectivity index (χ2v) is 10.1. The summed E-state index contributed by atoms with van der Waals surface area (Å²) >= 11 is 0. The summed E-state index contributed by atoms with van der Waals surface area (Å²) in [6.07, 6.45) is 25.1. The summed E-state index contributed by atoms with van der Waals surface area (Å²) in [5.74, 6) is -1.97. The van der Waals surface area contributed by atoms with Gasteiger partial charge in [0.15, 0.2) is 11.9 Å². The quantitative estimate of drug-likeness (QED) is 0.211. The molecule has 5 heteroatoms. The molecule has 1 rings (SSSR count). The smallest absolute Gasteiger partial charge is 0.307 e. The molecule has 1 N–H and O–H groups in total. The molecule has 5 nitrogen and oxygen atoms in total. The SMILES string of the molecule is C\C=C/C=C/C(C)=C/C=C/C=C(C)/C=C/C=C(C)/C=C/C1=C(C)C(=O)C(OC(=O)CCC(=O)O)CC1(C)C. The van der Waals surface area contributed by atoms with Crippen molar-refractivity contribution in [3.05, 3.63) is 107 Å². The van der Waals surface area contributed by atoms with Crippen LogP contribution in [0, 0.1) is 5.41 Å². The maximum Gasteiger partial charge on any atom is 0.307 e. The van der Waals surface area contributed by atoms with Gasteiger partial charge < -0.3 is 9.84 Å². The maximum atomic E-state index is 12.9. The highest BCUT2D eigenvalue weighted by Gasteiger charge is 2.39. The zero-order valence-corrected chi connectivity index (χ0v) is 23.8. The van der Waals surface area contributed by atoms with Gasteiger partial charge in [0, 0.05) is 6.42 Å². The molecule has 0 amide bonds. The minimum absolute atomic E-state index is 0.234. The van der Waals surface area contributed by atoms with Crippen LogP contribution in [0.4, 0.5) is 0 Å². The maximum absolute atomic E-state index is 12.9. The van der Waals surface area contributed by atoms with Crippen LogP contribution in [0.25, 0.3) is 0 Å². The number of allylic oxidation sites excluding steroid dienone is 17. The van der Waals surface area contributed by atoms with Crippen molar-refractivity contribution in [1.82, 2.24) is 0 Å². The largest absolute Gasteiger partial charge is 0.481 e. The summed E-state index contributed by atoms with van der Waals surface area (Å²) in [6, 6.07) is 0. The van der Waals surface area contributed by atoms with Crippen molar-refractivity contribution in [1.29, 1.82) is 0 Å². The summed E-state index contributed by atoms with van der Waals surface area (Å²) < 4.78 is 5.33. The topological polar surface area (TPSA) is 80.7 Å². The minimum Gasteiger partial charge on any atom is -0.481 e. The molecule has 0 radical (unpaired) electrons. The Bertz CT molecular complexity index is 1140. The molecule has 0 fully saturated rings. The van der Waals surface area contributed by atoms with Crippen molar-refractivity contribution < 1.29 is 24.2 Å². The van der Waals surface area contributed by atoms with Crippen LogP contribution in [-0.2, 0) is 19.1 Å². The Labute approximate surface area is 228 Å². The summed E-state index contributed by atoms with van der Waals surface area (Å²) in [4.78, 5) is 35.5. The van der Waals surface area contributed by atoms with Gasteiger partial charge in [-0.2, -0.15) is 0 Å². The number of rotatable bonds is 12. The molecule has 0 saturated carbocycles. The molecule has 1 aliphatic rings. The summed E-state index contributed by atoms with van der Waals surface area (Å²) in [5, 5.41) is 8.74. The van der Waals surface area contributed by atoms with E-state index < -0.39 is 18.0 Å². The Kier molecular flexibility index (Phi) is 13.8. The van der Waals surface area contributed by atoms with Gasteiger partial charge in [-0.15, -0.1) is 0 Å². The second-order valence-electron chi connectivity index (χ2n) is 10.1. The number of carbonyl (C=O) groups is 3. The molecular formula is C33H42O5. The lowest BCUT2D eigenvalue weighted by molar-refractivity contribution is -0.157. The van der Waals surface area contributed by atoms with Gasteiger partial charge in [-0.05, 0) is 51.2 Å². The average Bonchev–Trinajstić information content (AvgIpc) is 2.83. The number of ketones is 1. The molecule has 0 aromatic carbocycles. The molecule has 0 bridgehead atoms. The van der Waals surface area contributed by atoms with Gasteiger partial charge in [-0.3, -0.25) is 14.4 Å². The van der Waals surface area contributed by atoms with Gasteiger partial charge in [0.1, 0.15) is 0 Å². The van der Waals surface area contributed by atoms with E-state index in [0.29, 0.717) is 12.0 Å². The van der Waals surface area contributed by atoms with E-state index in [1.54, 1.807) is 6.92 Å². The molecule has 38 heavy (non-hydrogen) atoms. The first-order valence-corrected chi connectivity index (χ1v) is 12.9. The fourth-order valence-corrected chi connectivity index (χ4v) is 3.89. The zero-order valence-electron chi connectivity index (χ0n) is 23.8. The van der Waals surface area contributed by atoms with E-state index in [4.69, 9.17) is 9.84 Å². The summed E-state index contributed by atoms with van der Waals surface area (Å²) in [6.45, 7) is 13.8. The van der Waals surface area contributed by atoms with E-state index in [-0.39, 0.29) is 24.0 Å². The van der Waals surface area contributed by atoms with Crippen molar-refractivity contribution in [2.45, 2.75) is 73.8 Å². The van der Waals surface area contributed by atoms with Crippen molar-refractivity contribution >= 4 is 17.7 Å². The van der Waals surface area contributed by atoms with E-state index in [1.807, 2.05) is 101 Å². The van der Waals surface area contributed by atoms with Gasteiger partial charge >= 0.3 is 11.9 Å². The summed E-state index contributed by atoms with van der Waals surface area (Å²) in [7, 11) is 0. The predicted molar refractivity (Wildman–Crippen MR) is 155 cm³/mol. The third kappa shape index (κ3) is 12.0. The molecule has 0 aromatic heterocycles. The third-order valence-corrected chi connectivity index (χ3v) is 6.03. The third-order valence-electron chi connectivity index (χ3n) is 6.03. The Morgan fingerprint density at radius 3 is 2.03 bits per heavy atom. The monoisotopic (exact) mass is 518 g/mol. The lowest BCUT2D eigenvalue weighted by atomic mass is 9.71. The molecule has 1 atom stereocenters. The lowest BCUT2D eigenvalue weighted by Gasteiger charge is -2.36. The van der Waals surface area contributed by atoms with Crippen molar-refractivity contribution in [2.75, 3.05) is 0 Å². The molecule has 0 spiro atoms. The molecule has 1 unspecified atom stereocenters. The standard InChI is InChI=1S/C33H42O5/c1-8-9-10-14-24(2)15-11-12-16-25(3)17-13-18-26(4)19-20-28-27(5)32(37)29(23-33(28,6)7)38-31(36)22-21-30(34)35/h8-20,29H,21-23H2,1-7H3,(H,34,35)/b9-8-,12-11+,14-10+,17-13+,20-19+,24-15+,25-16+,26-18+. The van der Waals surface area contributed by atoms with Crippen LogP contribution >= 0.6 is 0 Å². The molecule has 0 aromatic rings.